The van der Waals surface area contributed by atoms with Gasteiger partial charge in [0, 0.05) is 23.0 Å². The van der Waals surface area contributed by atoms with E-state index in [0.29, 0.717) is 5.69 Å². The van der Waals surface area contributed by atoms with Crippen LogP contribution in [0.25, 0.3) is 11.3 Å². The number of rotatable bonds is 3. The molecule has 1 unspecified atom stereocenters. The van der Waals surface area contributed by atoms with Gasteiger partial charge in [-0.3, -0.25) is 9.89 Å². The summed E-state index contributed by atoms with van der Waals surface area (Å²) in [6.07, 6.45) is -0.207. The molecule has 1 aromatic carbocycles. The second kappa shape index (κ2) is 5.77. The zero-order valence-corrected chi connectivity index (χ0v) is 13.5. The highest BCUT2D eigenvalue weighted by molar-refractivity contribution is 9.10. The highest BCUT2D eigenvalue weighted by atomic mass is 79.9. The number of carbonyl (C=O) groups is 2. The Balaban J connectivity index is 1.77. The zero-order chi connectivity index (χ0) is 16.6. The maximum atomic E-state index is 14.0. The molecule has 1 aliphatic heterocycles. The maximum absolute atomic E-state index is 14.0. The first-order chi connectivity index (χ1) is 10.9. The lowest BCUT2D eigenvalue weighted by Crippen LogP contribution is -2.39. The van der Waals surface area contributed by atoms with Gasteiger partial charge in [-0.15, -0.1) is 0 Å². The van der Waals surface area contributed by atoms with Crippen LogP contribution in [0.1, 0.15) is 16.9 Å². The van der Waals surface area contributed by atoms with Crippen LogP contribution in [-0.4, -0.2) is 50.8 Å². The Labute approximate surface area is 139 Å². The normalized spacial score (nSPS) is 20.7. The summed E-state index contributed by atoms with van der Waals surface area (Å²) in [7, 11) is 0. The highest BCUT2D eigenvalue weighted by Crippen LogP contribution is 2.27. The van der Waals surface area contributed by atoms with Crippen molar-refractivity contribution >= 4 is 27.8 Å². The number of amides is 1. The van der Waals surface area contributed by atoms with Crippen LogP contribution in [0.15, 0.2) is 34.8 Å². The number of carboxylic acids is 1. The van der Waals surface area contributed by atoms with Crippen LogP contribution in [0.3, 0.4) is 0 Å². The number of hydrogen-bond acceptors (Lipinski definition) is 3. The first-order valence-electron chi connectivity index (χ1n) is 6.92. The van der Waals surface area contributed by atoms with Gasteiger partial charge >= 0.3 is 5.97 Å². The monoisotopic (exact) mass is 381 g/mol. The third kappa shape index (κ3) is 2.98. The van der Waals surface area contributed by atoms with Crippen molar-refractivity contribution in [2.45, 2.75) is 12.1 Å². The van der Waals surface area contributed by atoms with Crippen LogP contribution >= 0.6 is 15.9 Å². The summed E-state index contributed by atoms with van der Waals surface area (Å²) in [6.45, 7) is -0.387. The summed E-state index contributed by atoms with van der Waals surface area (Å²) in [5, 5.41) is 15.6. The molecule has 1 fully saturated rings. The van der Waals surface area contributed by atoms with Crippen molar-refractivity contribution in [2.24, 2.45) is 0 Å². The maximum Gasteiger partial charge on any atom is 0.343 e. The Kier molecular flexibility index (Phi) is 3.93. The van der Waals surface area contributed by atoms with Crippen molar-refractivity contribution in [1.29, 1.82) is 0 Å². The Hall–Kier alpha value is -2.22. The summed E-state index contributed by atoms with van der Waals surface area (Å²) >= 11 is 3.34. The molecule has 8 heteroatoms. The molecule has 1 atom stereocenters. The zero-order valence-electron chi connectivity index (χ0n) is 11.9. The fraction of sp³-hybridized carbons (Fsp3) is 0.267. The van der Waals surface area contributed by atoms with Crippen LogP contribution in [0.4, 0.5) is 4.39 Å². The van der Waals surface area contributed by atoms with E-state index in [0.717, 1.165) is 10.0 Å². The van der Waals surface area contributed by atoms with Gasteiger partial charge in [-0.1, -0.05) is 28.1 Å². The third-order valence-corrected chi connectivity index (χ3v) is 4.37. The molecule has 2 heterocycles. The van der Waals surface area contributed by atoms with E-state index in [2.05, 4.69) is 26.1 Å². The average Bonchev–Trinajstić information content (AvgIpc) is 3.15. The van der Waals surface area contributed by atoms with E-state index < -0.39 is 24.1 Å². The molecular formula is C15H13BrFN3O3. The molecule has 1 aliphatic rings. The number of aliphatic carboxylic acids is 1. The molecule has 0 radical (unpaired) electrons. The van der Waals surface area contributed by atoms with Crippen molar-refractivity contribution < 1.29 is 19.1 Å². The Morgan fingerprint density at radius 1 is 1.35 bits per heavy atom. The molecule has 0 spiro atoms. The second-order valence-corrected chi connectivity index (χ2v) is 6.34. The average molecular weight is 382 g/mol. The van der Waals surface area contributed by atoms with E-state index in [9.17, 15) is 14.0 Å². The third-order valence-electron chi connectivity index (χ3n) is 3.84. The summed E-state index contributed by atoms with van der Waals surface area (Å²) in [4.78, 5) is 24.4. The van der Waals surface area contributed by atoms with Crippen molar-refractivity contribution in [3.05, 3.63) is 40.5 Å². The summed E-state index contributed by atoms with van der Waals surface area (Å²) in [6, 6.07) is 8.99. The number of carbonyl (C=O) groups excluding carboxylic acids is 1. The van der Waals surface area contributed by atoms with Crippen molar-refractivity contribution in [3.63, 3.8) is 0 Å². The number of nitrogens with one attached hydrogen (secondary N) is 1. The van der Waals surface area contributed by atoms with E-state index in [-0.39, 0.29) is 18.7 Å². The van der Waals surface area contributed by atoms with Gasteiger partial charge < -0.3 is 10.0 Å². The smallest absolute Gasteiger partial charge is 0.343 e. The molecule has 0 aliphatic carbocycles. The first-order valence-corrected chi connectivity index (χ1v) is 7.71. The first kappa shape index (κ1) is 15.7. The number of aromatic amines is 1. The number of alkyl halides is 1. The van der Waals surface area contributed by atoms with Gasteiger partial charge in [-0.25, -0.2) is 9.18 Å². The SMILES string of the molecule is O=C(c1cc(-c2ccc(Br)cc2)n[nH]1)N1CCC(F)(C(=O)O)C1. The predicted octanol–water partition coefficient (Wildman–Crippen LogP) is 2.48. The molecule has 1 saturated heterocycles. The predicted molar refractivity (Wildman–Crippen MR) is 83.7 cm³/mol. The molecule has 23 heavy (non-hydrogen) atoms. The molecule has 2 aromatic rings. The molecule has 1 aromatic heterocycles. The van der Waals surface area contributed by atoms with E-state index in [4.69, 9.17) is 5.11 Å². The minimum Gasteiger partial charge on any atom is -0.479 e. The van der Waals surface area contributed by atoms with Gasteiger partial charge in [0.15, 0.2) is 0 Å². The van der Waals surface area contributed by atoms with Crippen LogP contribution in [-0.2, 0) is 4.79 Å². The van der Waals surface area contributed by atoms with E-state index in [1.807, 2.05) is 24.3 Å². The largest absolute Gasteiger partial charge is 0.479 e. The fourth-order valence-electron chi connectivity index (χ4n) is 2.49. The highest BCUT2D eigenvalue weighted by Gasteiger charge is 2.47. The molecule has 0 bridgehead atoms. The summed E-state index contributed by atoms with van der Waals surface area (Å²) in [5.41, 5.74) is -0.748. The molecular weight excluding hydrogens is 369 g/mol. The number of nitrogens with zero attached hydrogens (tertiary/aromatic N) is 2. The second-order valence-electron chi connectivity index (χ2n) is 5.42. The van der Waals surface area contributed by atoms with E-state index in [1.54, 1.807) is 6.07 Å². The number of hydrogen-bond donors (Lipinski definition) is 2. The van der Waals surface area contributed by atoms with Crippen LogP contribution in [0.5, 0.6) is 0 Å². The van der Waals surface area contributed by atoms with E-state index >= 15 is 0 Å². The Bertz CT molecular complexity index is 762. The molecule has 1 amide bonds. The standard InChI is InChI=1S/C15H13BrFN3O3/c16-10-3-1-9(2-4-10)11-7-12(19-18-11)13(21)20-6-5-15(17,8-20)14(22)23/h1-4,7H,5-6,8H2,(H,18,19)(H,22,23). The number of aromatic nitrogens is 2. The van der Waals surface area contributed by atoms with Crippen molar-refractivity contribution in [2.75, 3.05) is 13.1 Å². The summed E-state index contributed by atoms with van der Waals surface area (Å²) in [5.74, 6) is -1.99. The summed E-state index contributed by atoms with van der Waals surface area (Å²) < 4.78 is 15.0. The number of benzene rings is 1. The Morgan fingerprint density at radius 3 is 2.65 bits per heavy atom. The van der Waals surface area contributed by atoms with Gasteiger partial charge in [0.2, 0.25) is 5.67 Å². The lowest BCUT2D eigenvalue weighted by Gasteiger charge is -2.16. The minimum absolute atomic E-state index is 0.0638. The van der Waals surface area contributed by atoms with Crippen LogP contribution in [0, 0.1) is 0 Å². The van der Waals surface area contributed by atoms with E-state index in [1.165, 1.54) is 4.90 Å². The van der Waals surface area contributed by atoms with Gasteiger partial charge in [-0.2, -0.15) is 5.10 Å². The van der Waals surface area contributed by atoms with Crippen molar-refractivity contribution in [3.8, 4) is 11.3 Å². The quantitative estimate of drug-likeness (QED) is 0.854. The fourth-order valence-corrected chi connectivity index (χ4v) is 2.76. The lowest BCUT2D eigenvalue weighted by atomic mass is 10.1. The number of H-pyrrole nitrogens is 1. The topological polar surface area (TPSA) is 86.3 Å². The van der Waals surface area contributed by atoms with Gasteiger partial charge in [0.05, 0.1) is 12.2 Å². The van der Waals surface area contributed by atoms with Crippen LogP contribution < -0.4 is 0 Å². The van der Waals surface area contributed by atoms with Gasteiger partial charge in [-0.05, 0) is 18.2 Å². The molecule has 120 valence electrons. The van der Waals surface area contributed by atoms with Crippen LogP contribution in [0.2, 0.25) is 0 Å². The van der Waals surface area contributed by atoms with Crippen molar-refractivity contribution in [1.82, 2.24) is 15.1 Å². The number of likely N-dealkylation sites (tertiary alicyclic amines) is 1. The number of carboxylic acid groups (broad SMARTS) is 1. The molecule has 6 nitrogen and oxygen atoms in total. The minimum atomic E-state index is -2.37. The molecule has 3 rings (SSSR count). The molecule has 2 N–H and O–H groups in total. The van der Waals surface area contributed by atoms with Gasteiger partial charge in [0.1, 0.15) is 5.69 Å². The lowest BCUT2D eigenvalue weighted by molar-refractivity contribution is -0.149. The van der Waals surface area contributed by atoms with Gasteiger partial charge in [0.25, 0.3) is 5.91 Å². The number of halogens is 2. The Morgan fingerprint density at radius 2 is 2.04 bits per heavy atom. The molecule has 0 saturated carbocycles.